The van der Waals surface area contributed by atoms with Crippen LogP contribution in [0.2, 0.25) is 5.02 Å². The summed E-state index contributed by atoms with van der Waals surface area (Å²) in [5, 5.41) is 2.94. The minimum Gasteiger partial charge on any atom is -0.493 e. The molecule has 1 N–H and O–H groups in total. The van der Waals surface area contributed by atoms with E-state index in [9.17, 15) is 9.59 Å². The number of rotatable bonds is 7. The van der Waals surface area contributed by atoms with Crippen molar-refractivity contribution in [2.24, 2.45) is 0 Å². The van der Waals surface area contributed by atoms with E-state index in [4.69, 9.17) is 25.8 Å². The number of amides is 1. The number of halogens is 1. The average molecular weight is 378 g/mol. The maximum absolute atomic E-state index is 12.4. The van der Waals surface area contributed by atoms with E-state index in [0.29, 0.717) is 17.2 Å². The zero-order valence-corrected chi connectivity index (χ0v) is 15.5. The van der Waals surface area contributed by atoms with Crippen molar-refractivity contribution in [2.75, 3.05) is 19.0 Å². The zero-order valence-electron chi connectivity index (χ0n) is 14.7. The Kier molecular flexibility index (Phi) is 6.86. The molecule has 1 atom stereocenters. The first-order valence-corrected chi connectivity index (χ1v) is 8.41. The smallest absolute Gasteiger partial charge is 0.339 e. The molecule has 0 aromatic heterocycles. The second-order valence-electron chi connectivity index (χ2n) is 5.32. The molecule has 2 aromatic carbocycles. The van der Waals surface area contributed by atoms with E-state index in [1.54, 1.807) is 44.2 Å². The molecule has 1 amide bonds. The summed E-state index contributed by atoms with van der Waals surface area (Å²) in [7, 11) is 1.53. The minimum atomic E-state index is -0.784. The van der Waals surface area contributed by atoms with E-state index in [1.807, 2.05) is 0 Å². The minimum absolute atomic E-state index is 0.185. The van der Waals surface area contributed by atoms with Crippen LogP contribution in [0, 0.1) is 0 Å². The fraction of sp³-hybridized carbons (Fsp3) is 0.263. The Hall–Kier alpha value is -2.73. The van der Waals surface area contributed by atoms with Crippen molar-refractivity contribution in [3.8, 4) is 11.5 Å². The van der Waals surface area contributed by atoms with Gasteiger partial charge in [-0.05, 0) is 44.2 Å². The number of anilines is 1. The van der Waals surface area contributed by atoms with Gasteiger partial charge in [-0.2, -0.15) is 0 Å². The first kappa shape index (κ1) is 19.6. The fourth-order valence-corrected chi connectivity index (χ4v) is 2.37. The second kappa shape index (κ2) is 9.10. The fourth-order valence-electron chi connectivity index (χ4n) is 2.17. The van der Waals surface area contributed by atoms with Crippen LogP contribution in [0.15, 0.2) is 42.5 Å². The van der Waals surface area contributed by atoms with Crippen LogP contribution in [0.5, 0.6) is 11.5 Å². The number of nitrogens with one attached hydrogen (secondary N) is 1. The Balaban J connectivity index is 2.09. The molecule has 0 bridgehead atoms. The molecule has 0 aliphatic rings. The SMILES string of the molecule is CCOC(=O)c1cc(NC(=O)[C@H](C)Oc2ccccc2OC)ccc1Cl. The summed E-state index contributed by atoms with van der Waals surface area (Å²) in [5.74, 6) is 0.0594. The van der Waals surface area contributed by atoms with Crippen LogP contribution in [0.25, 0.3) is 0 Å². The number of esters is 1. The van der Waals surface area contributed by atoms with Crippen LogP contribution >= 0.6 is 11.6 Å². The van der Waals surface area contributed by atoms with Gasteiger partial charge in [0.05, 0.1) is 24.3 Å². The van der Waals surface area contributed by atoms with Gasteiger partial charge in [-0.1, -0.05) is 23.7 Å². The number of carbonyl (C=O) groups excluding carboxylic acids is 2. The molecule has 7 heteroatoms. The van der Waals surface area contributed by atoms with Gasteiger partial charge in [-0.15, -0.1) is 0 Å². The van der Waals surface area contributed by atoms with Gasteiger partial charge in [0.1, 0.15) is 0 Å². The molecule has 2 rings (SSSR count). The number of ether oxygens (including phenoxy) is 3. The maximum Gasteiger partial charge on any atom is 0.339 e. The molecule has 2 aromatic rings. The quantitative estimate of drug-likeness (QED) is 0.740. The van der Waals surface area contributed by atoms with Gasteiger partial charge in [-0.25, -0.2) is 4.79 Å². The van der Waals surface area contributed by atoms with E-state index in [0.717, 1.165) is 0 Å². The van der Waals surface area contributed by atoms with Crippen LogP contribution in [-0.2, 0) is 9.53 Å². The Morgan fingerprint density at radius 2 is 1.85 bits per heavy atom. The lowest BCUT2D eigenvalue weighted by Crippen LogP contribution is -2.30. The largest absolute Gasteiger partial charge is 0.493 e. The van der Waals surface area contributed by atoms with Gasteiger partial charge in [0, 0.05) is 5.69 Å². The molecule has 0 radical (unpaired) electrons. The lowest BCUT2D eigenvalue weighted by molar-refractivity contribution is -0.122. The van der Waals surface area contributed by atoms with Crippen molar-refractivity contribution in [1.82, 2.24) is 0 Å². The summed E-state index contributed by atoms with van der Waals surface area (Å²) in [6.07, 6.45) is -0.784. The summed E-state index contributed by atoms with van der Waals surface area (Å²) in [6, 6.07) is 11.6. The van der Waals surface area contributed by atoms with Gasteiger partial charge >= 0.3 is 5.97 Å². The number of hydrogen-bond donors (Lipinski definition) is 1. The van der Waals surface area contributed by atoms with Crippen molar-refractivity contribution in [1.29, 1.82) is 0 Å². The molecular formula is C19H20ClNO5. The summed E-state index contributed by atoms with van der Waals surface area (Å²) in [6.45, 7) is 3.55. The molecule has 0 spiro atoms. The normalized spacial score (nSPS) is 11.4. The summed E-state index contributed by atoms with van der Waals surface area (Å²) >= 11 is 6.01. The Morgan fingerprint density at radius 1 is 1.15 bits per heavy atom. The molecule has 0 heterocycles. The highest BCUT2D eigenvalue weighted by molar-refractivity contribution is 6.33. The second-order valence-corrected chi connectivity index (χ2v) is 5.72. The predicted molar refractivity (Wildman–Crippen MR) is 99.1 cm³/mol. The molecule has 6 nitrogen and oxygen atoms in total. The molecule has 0 unspecified atom stereocenters. The van der Waals surface area contributed by atoms with Crippen LogP contribution < -0.4 is 14.8 Å². The summed E-state index contributed by atoms with van der Waals surface area (Å²) in [5.41, 5.74) is 0.600. The highest BCUT2D eigenvalue weighted by atomic mass is 35.5. The van der Waals surface area contributed by atoms with Gasteiger partial charge < -0.3 is 19.5 Å². The van der Waals surface area contributed by atoms with E-state index >= 15 is 0 Å². The molecule has 0 aliphatic carbocycles. The van der Waals surface area contributed by atoms with Gasteiger partial charge in [0.2, 0.25) is 0 Å². The third kappa shape index (κ3) is 4.89. The van der Waals surface area contributed by atoms with Crippen molar-refractivity contribution >= 4 is 29.2 Å². The first-order chi connectivity index (χ1) is 12.5. The molecule has 138 valence electrons. The van der Waals surface area contributed by atoms with Crippen molar-refractivity contribution in [2.45, 2.75) is 20.0 Å². The van der Waals surface area contributed by atoms with E-state index in [2.05, 4.69) is 5.32 Å². The lowest BCUT2D eigenvalue weighted by atomic mass is 10.2. The molecule has 26 heavy (non-hydrogen) atoms. The summed E-state index contributed by atoms with van der Waals surface area (Å²) in [4.78, 5) is 24.3. The van der Waals surface area contributed by atoms with Crippen molar-refractivity contribution in [3.05, 3.63) is 53.1 Å². The van der Waals surface area contributed by atoms with Crippen LogP contribution in [0.4, 0.5) is 5.69 Å². The number of para-hydroxylation sites is 2. The summed E-state index contributed by atoms with van der Waals surface area (Å²) < 4.78 is 15.8. The first-order valence-electron chi connectivity index (χ1n) is 8.03. The van der Waals surface area contributed by atoms with Gasteiger partial charge in [0.15, 0.2) is 17.6 Å². The Morgan fingerprint density at radius 3 is 2.50 bits per heavy atom. The van der Waals surface area contributed by atoms with Crippen molar-refractivity contribution in [3.63, 3.8) is 0 Å². The van der Waals surface area contributed by atoms with E-state index in [1.165, 1.54) is 19.2 Å². The van der Waals surface area contributed by atoms with Gasteiger partial charge in [0.25, 0.3) is 5.91 Å². The van der Waals surface area contributed by atoms with Crippen LogP contribution in [0.3, 0.4) is 0 Å². The number of benzene rings is 2. The van der Waals surface area contributed by atoms with E-state index in [-0.39, 0.29) is 23.1 Å². The molecule has 0 fully saturated rings. The standard InChI is InChI=1S/C19H20ClNO5/c1-4-25-19(23)14-11-13(9-10-15(14)20)21-18(22)12(2)26-17-8-6-5-7-16(17)24-3/h5-12H,4H2,1-3H3,(H,21,22)/t12-/m0/s1. The molecular weight excluding hydrogens is 358 g/mol. The monoisotopic (exact) mass is 377 g/mol. The van der Waals surface area contributed by atoms with Gasteiger partial charge in [-0.3, -0.25) is 4.79 Å². The number of methoxy groups -OCH3 is 1. The molecule has 0 saturated heterocycles. The highest BCUT2D eigenvalue weighted by Gasteiger charge is 2.18. The maximum atomic E-state index is 12.4. The predicted octanol–water partition coefficient (Wildman–Crippen LogP) is 3.93. The molecule has 0 aliphatic heterocycles. The topological polar surface area (TPSA) is 73.9 Å². The van der Waals surface area contributed by atoms with Crippen molar-refractivity contribution < 1.29 is 23.8 Å². The highest BCUT2D eigenvalue weighted by Crippen LogP contribution is 2.27. The Labute approximate surface area is 157 Å². The third-order valence-electron chi connectivity index (χ3n) is 3.47. The molecule has 0 saturated carbocycles. The zero-order chi connectivity index (χ0) is 19.1. The van der Waals surface area contributed by atoms with Crippen LogP contribution in [0.1, 0.15) is 24.2 Å². The third-order valence-corrected chi connectivity index (χ3v) is 3.80. The Bertz CT molecular complexity index is 793. The average Bonchev–Trinajstić information content (AvgIpc) is 2.63. The lowest BCUT2D eigenvalue weighted by Gasteiger charge is -2.17. The van der Waals surface area contributed by atoms with E-state index < -0.39 is 12.1 Å². The number of hydrogen-bond acceptors (Lipinski definition) is 5. The number of carbonyl (C=O) groups is 2. The van der Waals surface area contributed by atoms with Crippen LogP contribution in [-0.4, -0.2) is 31.7 Å².